The number of hydrogen-bond donors (Lipinski definition) is 2. The molecule has 7 rings (SSSR count). The molecular formula is C40H43N7O4S. The van der Waals surface area contributed by atoms with Gasteiger partial charge in [0.05, 0.1) is 23.7 Å². The predicted octanol–water partition coefficient (Wildman–Crippen LogP) is 5.86. The maximum Gasteiger partial charge on any atom is 0.269 e. The minimum atomic E-state index is -4.06. The van der Waals surface area contributed by atoms with Crippen LogP contribution < -0.4 is 5.32 Å². The van der Waals surface area contributed by atoms with E-state index < -0.39 is 10.0 Å². The lowest BCUT2D eigenvalue weighted by atomic mass is 10.00. The average Bonchev–Trinajstić information content (AvgIpc) is 3.91. The van der Waals surface area contributed by atoms with Crippen molar-refractivity contribution in [3.63, 3.8) is 0 Å². The highest BCUT2D eigenvalue weighted by atomic mass is 32.2. The molecule has 12 heteroatoms. The first-order valence-electron chi connectivity index (χ1n) is 17.7. The number of carbonyl (C=O) groups excluding carboxylic acids is 1. The first-order chi connectivity index (χ1) is 25.2. The van der Waals surface area contributed by atoms with Crippen molar-refractivity contribution in [1.29, 1.82) is 0 Å². The molecule has 1 aliphatic rings. The van der Waals surface area contributed by atoms with Gasteiger partial charge in [0.2, 0.25) is 5.91 Å². The van der Waals surface area contributed by atoms with Crippen LogP contribution in [0.1, 0.15) is 25.3 Å². The van der Waals surface area contributed by atoms with Crippen molar-refractivity contribution in [3.8, 4) is 33.6 Å². The normalized spacial score (nSPS) is 13.7. The number of aromatic nitrogens is 4. The summed E-state index contributed by atoms with van der Waals surface area (Å²) in [6.07, 6.45) is 5.83. The minimum Gasteiger partial charge on any atom is -0.395 e. The lowest BCUT2D eigenvalue weighted by Gasteiger charge is -2.19. The summed E-state index contributed by atoms with van der Waals surface area (Å²) >= 11 is 0. The van der Waals surface area contributed by atoms with Crippen molar-refractivity contribution in [3.05, 3.63) is 109 Å². The zero-order valence-corrected chi connectivity index (χ0v) is 30.3. The third kappa shape index (κ3) is 7.28. The molecule has 1 saturated heterocycles. The van der Waals surface area contributed by atoms with Gasteiger partial charge in [-0.15, -0.1) is 0 Å². The van der Waals surface area contributed by atoms with Gasteiger partial charge in [0.15, 0.2) is 5.65 Å². The number of hydrogen-bond acceptors (Lipinski definition) is 8. The summed E-state index contributed by atoms with van der Waals surface area (Å²) in [6.45, 7) is 6.48. The summed E-state index contributed by atoms with van der Waals surface area (Å²) in [5.74, 6) is -0.0302. The molecule has 0 radical (unpaired) electrons. The Bertz CT molecular complexity index is 2280. The van der Waals surface area contributed by atoms with E-state index in [9.17, 15) is 18.3 Å². The van der Waals surface area contributed by atoms with Crippen LogP contribution >= 0.6 is 0 Å². The van der Waals surface area contributed by atoms with Gasteiger partial charge in [-0.2, -0.15) is 5.10 Å². The number of anilines is 1. The molecule has 0 aliphatic carbocycles. The van der Waals surface area contributed by atoms with Crippen LogP contribution in [-0.2, 0) is 28.4 Å². The molecule has 52 heavy (non-hydrogen) atoms. The second-order valence-electron chi connectivity index (χ2n) is 13.2. The van der Waals surface area contributed by atoms with Gasteiger partial charge < -0.3 is 10.4 Å². The van der Waals surface area contributed by atoms with E-state index in [1.807, 2.05) is 73.9 Å². The van der Waals surface area contributed by atoms with Crippen molar-refractivity contribution in [2.75, 3.05) is 44.6 Å². The van der Waals surface area contributed by atoms with E-state index in [0.29, 0.717) is 42.0 Å². The van der Waals surface area contributed by atoms with E-state index in [0.717, 1.165) is 66.0 Å². The van der Waals surface area contributed by atoms with Gasteiger partial charge in [-0.05, 0) is 85.6 Å². The molecule has 0 atom stereocenters. The van der Waals surface area contributed by atoms with E-state index in [-0.39, 0.29) is 17.4 Å². The van der Waals surface area contributed by atoms with E-state index in [1.165, 1.54) is 3.97 Å². The fraction of sp³-hybridized carbons (Fsp3) is 0.275. The SMILES string of the molecule is CCN(CCO)Cc1ccc(-c2cc3c(-c4cn(C)nc4-c4ccc(NC(=O)CN5CCCC5)cc4)ccnc3n2S(=O)(=O)c2ccccc2)cc1. The molecule has 1 aliphatic heterocycles. The topological polar surface area (TPSA) is 126 Å². The maximum absolute atomic E-state index is 14.4. The number of amides is 1. The number of benzene rings is 3. The summed E-state index contributed by atoms with van der Waals surface area (Å²) < 4.78 is 31.9. The number of carbonyl (C=O) groups is 1. The lowest BCUT2D eigenvalue weighted by molar-refractivity contribution is -0.117. The molecule has 3 aromatic heterocycles. The van der Waals surface area contributed by atoms with Crippen LogP contribution in [0.3, 0.4) is 0 Å². The summed E-state index contributed by atoms with van der Waals surface area (Å²) in [5, 5.41) is 17.9. The average molecular weight is 718 g/mol. The molecular weight excluding hydrogens is 675 g/mol. The quantitative estimate of drug-likeness (QED) is 0.152. The molecule has 0 unspecified atom stereocenters. The van der Waals surface area contributed by atoms with E-state index in [2.05, 4.69) is 27.0 Å². The highest BCUT2D eigenvalue weighted by molar-refractivity contribution is 7.90. The number of aliphatic hydroxyl groups is 1. The van der Waals surface area contributed by atoms with Crippen LogP contribution in [0.2, 0.25) is 0 Å². The van der Waals surface area contributed by atoms with Gasteiger partial charge in [0.1, 0.15) is 5.69 Å². The fourth-order valence-electron chi connectivity index (χ4n) is 6.94. The third-order valence-corrected chi connectivity index (χ3v) is 11.3. The number of likely N-dealkylation sites (tertiary alicyclic amines) is 1. The Morgan fingerprint density at radius 3 is 2.33 bits per heavy atom. The first kappa shape index (κ1) is 35.3. The van der Waals surface area contributed by atoms with Crippen LogP contribution in [0.4, 0.5) is 5.69 Å². The van der Waals surface area contributed by atoms with Gasteiger partial charge in [-0.25, -0.2) is 17.4 Å². The van der Waals surface area contributed by atoms with Gasteiger partial charge in [-0.1, -0.05) is 61.5 Å². The number of nitrogens with zero attached hydrogens (tertiary/aromatic N) is 6. The van der Waals surface area contributed by atoms with E-state index in [1.54, 1.807) is 41.2 Å². The van der Waals surface area contributed by atoms with E-state index >= 15 is 0 Å². The molecule has 268 valence electrons. The van der Waals surface area contributed by atoms with Crippen molar-refractivity contribution in [2.24, 2.45) is 7.05 Å². The predicted molar refractivity (Wildman–Crippen MR) is 204 cm³/mol. The van der Waals surface area contributed by atoms with E-state index in [4.69, 9.17) is 5.10 Å². The maximum atomic E-state index is 14.4. The molecule has 2 N–H and O–H groups in total. The Balaban J connectivity index is 1.29. The number of aryl methyl sites for hydroxylation is 1. The largest absolute Gasteiger partial charge is 0.395 e. The molecule has 6 aromatic rings. The second-order valence-corrected chi connectivity index (χ2v) is 15.0. The number of likely N-dealkylation sites (N-methyl/N-ethyl adjacent to an activating group) is 1. The van der Waals surface area contributed by atoms with Crippen molar-refractivity contribution >= 4 is 32.7 Å². The fourth-order valence-corrected chi connectivity index (χ4v) is 8.44. The first-order valence-corrected chi connectivity index (χ1v) is 19.1. The standard InChI is InChI=1S/C40H43N7O4S/c1-3-45(23-24-48)26-29-11-13-30(14-12-29)37-25-35-34(19-20-41-40(35)47(37)52(50,51)33-9-5-4-6-10-33)36-27-44(2)43-39(36)31-15-17-32(18-16-31)42-38(49)28-46-21-7-8-22-46/h4-6,9-20,25,27,48H,3,7-8,21-24,26,28H2,1-2H3,(H,42,49). The molecule has 3 aromatic carbocycles. The summed E-state index contributed by atoms with van der Waals surface area (Å²) in [5.41, 5.74) is 6.49. The third-order valence-electron chi connectivity index (χ3n) is 9.59. The van der Waals surface area contributed by atoms with Crippen molar-refractivity contribution < 1.29 is 18.3 Å². The Hall–Kier alpha value is -5.14. The number of fused-ring (bicyclic) bond motifs is 1. The Kier molecular flexibility index (Phi) is 10.3. The highest BCUT2D eigenvalue weighted by Crippen LogP contribution is 2.39. The van der Waals surface area contributed by atoms with Gasteiger partial charge in [0.25, 0.3) is 10.0 Å². The molecule has 0 bridgehead atoms. The van der Waals surface area contributed by atoms with Crippen molar-refractivity contribution in [2.45, 2.75) is 31.2 Å². The molecule has 0 spiro atoms. The smallest absolute Gasteiger partial charge is 0.269 e. The van der Waals surface area contributed by atoms with Crippen LogP contribution in [0.25, 0.3) is 44.7 Å². The van der Waals surface area contributed by atoms with Crippen LogP contribution in [-0.4, -0.2) is 87.3 Å². The van der Waals surface area contributed by atoms with Gasteiger partial charge in [-0.3, -0.25) is 19.3 Å². The lowest BCUT2D eigenvalue weighted by Crippen LogP contribution is -2.30. The van der Waals surface area contributed by atoms with Gasteiger partial charge in [0, 0.05) is 54.7 Å². The summed E-state index contributed by atoms with van der Waals surface area (Å²) in [4.78, 5) is 21.8. The van der Waals surface area contributed by atoms with Crippen LogP contribution in [0, 0.1) is 0 Å². The van der Waals surface area contributed by atoms with Gasteiger partial charge >= 0.3 is 0 Å². The number of nitrogens with one attached hydrogen (secondary N) is 1. The minimum absolute atomic E-state index is 0.0302. The zero-order valence-electron chi connectivity index (χ0n) is 29.4. The Labute approximate surface area is 304 Å². The molecule has 1 amide bonds. The molecule has 0 saturated carbocycles. The highest BCUT2D eigenvalue weighted by Gasteiger charge is 2.27. The summed E-state index contributed by atoms with van der Waals surface area (Å²) in [7, 11) is -2.20. The second kappa shape index (κ2) is 15.2. The number of pyridine rings is 1. The molecule has 11 nitrogen and oxygen atoms in total. The van der Waals surface area contributed by atoms with Crippen molar-refractivity contribution in [1.82, 2.24) is 28.5 Å². The molecule has 4 heterocycles. The Morgan fingerprint density at radius 1 is 0.923 bits per heavy atom. The molecule has 1 fully saturated rings. The number of rotatable bonds is 13. The van der Waals surface area contributed by atoms with Crippen LogP contribution in [0.5, 0.6) is 0 Å². The zero-order chi connectivity index (χ0) is 36.2. The van der Waals surface area contributed by atoms with Crippen LogP contribution in [0.15, 0.2) is 108 Å². The summed E-state index contributed by atoms with van der Waals surface area (Å²) in [6, 6.07) is 27.7. The monoisotopic (exact) mass is 717 g/mol. The Morgan fingerprint density at radius 2 is 1.63 bits per heavy atom. The number of aliphatic hydroxyl groups excluding tert-OH is 1.